The van der Waals surface area contributed by atoms with E-state index < -0.39 is 22.6 Å². The predicted octanol–water partition coefficient (Wildman–Crippen LogP) is 2.86. The van der Waals surface area contributed by atoms with Gasteiger partial charge in [0.05, 0.1) is 16.4 Å². The number of carbonyl (C=O) groups is 2. The largest absolute Gasteiger partial charge is 0.341 e. The normalized spacial score (nSPS) is 31.7. The molecule has 5 heteroatoms. The second-order valence-electron chi connectivity index (χ2n) is 7.09. The first-order valence-corrected chi connectivity index (χ1v) is 7.93. The van der Waals surface area contributed by atoms with Gasteiger partial charge in [0.25, 0.3) is 0 Å². The molecule has 2 atom stereocenters. The lowest BCUT2D eigenvalue weighted by Crippen LogP contribution is -2.56. The minimum absolute atomic E-state index is 0.0239. The van der Waals surface area contributed by atoms with E-state index in [0.29, 0.717) is 18.5 Å². The maximum atomic E-state index is 13.9. The highest BCUT2D eigenvalue weighted by Crippen LogP contribution is 2.55. The molecule has 1 amide bonds. The second kappa shape index (κ2) is 5.27. The third-order valence-electron chi connectivity index (χ3n) is 5.31. The van der Waals surface area contributed by atoms with Gasteiger partial charge in [-0.05, 0) is 44.1 Å². The molecule has 2 aliphatic carbocycles. The number of carbonyl (C=O) groups excluding carboxylic acids is 2. The minimum Gasteiger partial charge on any atom is -0.341 e. The van der Waals surface area contributed by atoms with Crippen molar-refractivity contribution in [3.05, 3.63) is 47.4 Å². The van der Waals surface area contributed by atoms with Gasteiger partial charge >= 0.3 is 0 Å². The molecular formula is C19H19FN2O2. The fourth-order valence-electron chi connectivity index (χ4n) is 4.08. The van der Waals surface area contributed by atoms with Crippen LogP contribution >= 0.6 is 0 Å². The van der Waals surface area contributed by atoms with Gasteiger partial charge in [-0.15, -0.1) is 0 Å². The molecule has 0 aromatic heterocycles. The summed E-state index contributed by atoms with van der Waals surface area (Å²) < 4.78 is 13.9. The van der Waals surface area contributed by atoms with Crippen molar-refractivity contribution in [2.45, 2.75) is 20.3 Å². The molecule has 24 heavy (non-hydrogen) atoms. The Kier molecular flexibility index (Phi) is 3.60. The van der Waals surface area contributed by atoms with Crippen LogP contribution in [0.15, 0.2) is 47.4 Å². The van der Waals surface area contributed by atoms with E-state index in [4.69, 9.17) is 0 Å². The Morgan fingerprint density at radius 3 is 2.71 bits per heavy atom. The lowest BCUT2D eigenvalue weighted by molar-refractivity contribution is -0.140. The van der Waals surface area contributed by atoms with Gasteiger partial charge in [-0.2, -0.15) is 5.26 Å². The number of halogens is 1. The molecule has 0 fully saturated rings. The van der Waals surface area contributed by atoms with Crippen molar-refractivity contribution < 1.29 is 14.0 Å². The van der Waals surface area contributed by atoms with E-state index in [1.165, 1.54) is 18.2 Å². The first-order chi connectivity index (χ1) is 11.2. The van der Waals surface area contributed by atoms with Gasteiger partial charge in [0.15, 0.2) is 5.78 Å². The molecule has 1 aliphatic heterocycles. The number of amides is 1. The zero-order valence-electron chi connectivity index (χ0n) is 14.0. The predicted molar refractivity (Wildman–Crippen MR) is 87.1 cm³/mol. The Labute approximate surface area is 140 Å². The van der Waals surface area contributed by atoms with Gasteiger partial charge in [0, 0.05) is 19.5 Å². The Bertz CT molecular complexity index is 795. The van der Waals surface area contributed by atoms with Gasteiger partial charge in [-0.3, -0.25) is 9.59 Å². The Balaban J connectivity index is 2.32. The molecule has 1 heterocycles. The number of Topliss-reactive ketones (excluding diaryl/α,β-unsaturated/α-hetero) is 1. The van der Waals surface area contributed by atoms with Gasteiger partial charge in [0.1, 0.15) is 11.9 Å². The number of hydrogen-bond donors (Lipinski definition) is 0. The molecule has 0 spiro atoms. The maximum absolute atomic E-state index is 13.9. The quantitative estimate of drug-likeness (QED) is 0.696. The highest BCUT2D eigenvalue weighted by atomic mass is 19.1. The van der Waals surface area contributed by atoms with Gasteiger partial charge in [0.2, 0.25) is 5.91 Å². The lowest BCUT2D eigenvalue weighted by atomic mass is 9.53. The average molecular weight is 326 g/mol. The number of nitrogens with zero attached hydrogens (tertiary/aromatic N) is 2. The topological polar surface area (TPSA) is 61.2 Å². The zero-order chi connectivity index (χ0) is 17.7. The number of ketones is 1. The summed E-state index contributed by atoms with van der Waals surface area (Å²) >= 11 is 0. The van der Waals surface area contributed by atoms with Crippen LogP contribution in [0.5, 0.6) is 0 Å². The summed E-state index contributed by atoms with van der Waals surface area (Å²) in [6, 6.07) is 1.93. The smallest absolute Gasteiger partial charge is 0.237 e. The van der Waals surface area contributed by atoms with Crippen LogP contribution in [0.1, 0.15) is 20.3 Å². The van der Waals surface area contributed by atoms with Crippen molar-refractivity contribution in [2.24, 2.45) is 16.7 Å². The summed E-state index contributed by atoms with van der Waals surface area (Å²) in [5.74, 6) is -1.35. The highest BCUT2D eigenvalue weighted by Gasteiger charge is 2.58. The van der Waals surface area contributed by atoms with Crippen LogP contribution in [-0.4, -0.2) is 30.2 Å². The van der Waals surface area contributed by atoms with E-state index in [1.54, 1.807) is 31.9 Å². The van der Waals surface area contributed by atoms with E-state index >= 15 is 0 Å². The van der Waals surface area contributed by atoms with Crippen molar-refractivity contribution in [1.29, 1.82) is 5.26 Å². The fourth-order valence-corrected chi connectivity index (χ4v) is 4.08. The van der Waals surface area contributed by atoms with Gasteiger partial charge in [-0.1, -0.05) is 12.2 Å². The van der Waals surface area contributed by atoms with E-state index in [-0.39, 0.29) is 17.3 Å². The van der Waals surface area contributed by atoms with Crippen LogP contribution in [-0.2, 0) is 9.59 Å². The molecule has 0 aromatic carbocycles. The van der Waals surface area contributed by atoms with Crippen molar-refractivity contribution in [1.82, 2.24) is 4.90 Å². The van der Waals surface area contributed by atoms with Gasteiger partial charge < -0.3 is 4.90 Å². The van der Waals surface area contributed by atoms with E-state index in [1.807, 2.05) is 12.1 Å². The molecule has 3 rings (SSSR count). The number of allylic oxidation sites excluding steroid dienone is 5. The van der Waals surface area contributed by atoms with Crippen molar-refractivity contribution in [2.75, 3.05) is 13.6 Å². The molecule has 0 saturated carbocycles. The van der Waals surface area contributed by atoms with Crippen molar-refractivity contribution in [3.8, 4) is 6.07 Å². The van der Waals surface area contributed by atoms with Crippen molar-refractivity contribution >= 4 is 11.7 Å². The summed E-state index contributed by atoms with van der Waals surface area (Å²) in [6.07, 6.45) is 8.33. The molecule has 0 radical (unpaired) electrons. The second-order valence-corrected chi connectivity index (χ2v) is 7.09. The minimum atomic E-state index is -1.18. The SMILES string of the molecule is CN1CC=C2C(C)(C)C(=O)C(C#N)=C[C@]2(C2C=C(F)C=CC2)C1=O. The highest BCUT2D eigenvalue weighted by molar-refractivity contribution is 6.09. The monoisotopic (exact) mass is 326 g/mol. The molecule has 1 unspecified atom stereocenters. The lowest BCUT2D eigenvalue weighted by Gasteiger charge is -2.50. The molecular weight excluding hydrogens is 307 g/mol. The summed E-state index contributed by atoms with van der Waals surface area (Å²) in [5, 5.41) is 9.41. The Morgan fingerprint density at radius 2 is 2.08 bits per heavy atom. The summed E-state index contributed by atoms with van der Waals surface area (Å²) in [5.41, 5.74) is -1.50. The van der Waals surface area contributed by atoms with Crippen LogP contribution < -0.4 is 0 Å². The van der Waals surface area contributed by atoms with E-state index in [2.05, 4.69) is 0 Å². The van der Waals surface area contributed by atoms with Crippen LogP contribution in [0.3, 0.4) is 0 Å². The Hall–Kier alpha value is -2.48. The van der Waals surface area contributed by atoms with Crippen LogP contribution in [0, 0.1) is 28.1 Å². The number of nitriles is 1. The summed E-state index contributed by atoms with van der Waals surface area (Å²) in [4.78, 5) is 27.4. The molecule has 0 N–H and O–H groups in total. The molecule has 3 aliphatic rings. The van der Waals surface area contributed by atoms with E-state index in [0.717, 1.165) is 0 Å². The number of hydrogen-bond acceptors (Lipinski definition) is 3. The molecule has 0 aromatic rings. The Morgan fingerprint density at radius 1 is 1.38 bits per heavy atom. The first-order valence-electron chi connectivity index (χ1n) is 7.93. The molecule has 4 nitrogen and oxygen atoms in total. The number of likely N-dealkylation sites (N-methyl/N-ethyl adjacent to an activating group) is 1. The first kappa shape index (κ1) is 16.4. The van der Waals surface area contributed by atoms with E-state index in [9.17, 15) is 19.2 Å². The summed E-state index contributed by atoms with van der Waals surface area (Å²) in [6.45, 7) is 3.87. The van der Waals surface area contributed by atoms with Crippen molar-refractivity contribution in [3.63, 3.8) is 0 Å². The summed E-state index contributed by atoms with van der Waals surface area (Å²) in [7, 11) is 1.68. The third-order valence-corrected chi connectivity index (χ3v) is 5.31. The average Bonchev–Trinajstić information content (AvgIpc) is 2.54. The van der Waals surface area contributed by atoms with Crippen LogP contribution in [0.25, 0.3) is 0 Å². The molecule has 124 valence electrons. The van der Waals surface area contributed by atoms with Gasteiger partial charge in [-0.25, -0.2) is 4.39 Å². The standard InChI is InChI=1S/C19H19FN2O2/c1-18(2)15-7-8-22(3)17(24)19(15,10-12(11-21)16(18)23)13-5-4-6-14(20)9-13/h4,6-7,9-10,13H,5,8H2,1-3H3/t13?,19-/m1/s1. The number of rotatable bonds is 1. The zero-order valence-corrected chi connectivity index (χ0v) is 14.0. The third kappa shape index (κ3) is 2.02. The fraction of sp³-hybridized carbons (Fsp3) is 0.421. The molecule has 0 saturated heterocycles. The van der Waals surface area contributed by atoms with Crippen LogP contribution in [0.4, 0.5) is 4.39 Å². The molecule has 0 bridgehead atoms. The van der Waals surface area contributed by atoms with Crippen LogP contribution in [0.2, 0.25) is 0 Å². The maximum Gasteiger partial charge on any atom is 0.237 e. The number of fused-ring (bicyclic) bond motifs is 1.